The van der Waals surface area contributed by atoms with Gasteiger partial charge in [-0.1, -0.05) is 44.5 Å². The lowest BCUT2D eigenvalue weighted by Crippen LogP contribution is -2.19. The molecule has 0 saturated heterocycles. The van der Waals surface area contributed by atoms with Gasteiger partial charge in [-0.15, -0.1) is 0 Å². The second kappa shape index (κ2) is 6.36. The van der Waals surface area contributed by atoms with E-state index < -0.39 is 11.8 Å². The highest BCUT2D eigenvalue weighted by atomic mass is 35.5. The first-order valence-electron chi connectivity index (χ1n) is 6.89. The van der Waals surface area contributed by atoms with Crippen molar-refractivity contribution >= 4 is 29.0 Å². The number of hydrogen-bond acceptors (Lipinski definition) is 1. The van der Waals surface area contributed by atoms with E-state index in [0.717, 1.165) is 0 Å². The zero-order chi connectivity index (χ0) is 16.3. The van der Waals surface area contributed by atoms with Gasteiger partial charge in [0.05, 0.1) is 5.02 Å². The Bertz CT molecular complexity index is 678. The van der Waals surface area contributed by atoms with E-state index in [0.29, 0.717) is 11.4 Å². The van der Waals surface area contributed by atoms with Crippen LogP contribution < -0.4 is 10.6 Å². The Kier molecular flexibility index (Phi) is 4.71. The lowest BCUT2D eigenvalue weighted by Gasteiger charge is -2.19. The molecule has 116 valence electrons. The van der Waals surface area contributed by atoms with Crippen molar-refractivity contribution in [3.8, 4) is 0 Å². The van der Waals surface area contributed by atoms with Crippen LogP contribution in [-0.4, -0.2) is 6.03 Å². The number of urea groups is 1. The summed E-state index contributed by atoms with van der Waals surface area (Å²) in [5, 5.41) is 5.28. The summed E-state index contributed by atoms with van der Waals surface area (Å²) in [6.45, 7) is 6.38. The van der Waals surface area contributed by atoms with Crippen molar-refractivity contribution < 1.29 is 9.18 Å². The van der Waals surface area contributed by atoms with E-state index in [9.17, 15) is 9.18 Å². The van der Waals surface area contributed by atoms with Crippen LogP contribution in [0.5, 0.6) is 0 Å². The third-order valence-electron chi connectivity index (χ3n) is 3.19. The molecule has 0 aliphatic carbocycles. The topological polar surface area (TPSA) is 41.1 Å². The van der Waals surface area contributed by atoms with Crippen molar-refractivity contribution in [3.05, 3.63) is 58.9 Å². The van der Waals surface area contributed by atoms with Crippen molar-refractivity contribution in [3.63, 3.8) is 0 Å². The highest BCUT2D eigenvalue weighted by Gasteiger charge is 2.13. The molecule has 0 unspecified atom stereocenters. The maximum absolute atomic E-state index is 13.1. The van der Waals surface area contributed by atoms with Crippen LogP contribution in [0.25, 0.3) is 0 Å². The van der Waals surface area contributed by atoms with Gasteiger partial charge in [0.15, 0.2) is 0 Å². The monoisotopic (exact) mass is 320 g/mol. The van der Waals surface area contributed by atoms with Crippen LogP contribution in [0.1, 0.15) is 26.3 Å². The molecule has 0 spiro atoms. The number of benzene rings is 2. The fourth-order valence-corrected chi connectivity index (χ4v) is 2.10. The Morgan fingerprint density at radius 2 is 1.55 bits per heavy atom. The third-order valence-corrected chi connectivity index (χ3v) is 3.48. The molecule has 2 aromatic carbocycles. The summed E-state index contributed by atoms with van der Waals surface area (Å²) in [6.07, 6.45) is 0. The molecule has 0 aromatic heterocycles. The number of anilines is 2. The highest BCUT2D eigenvalue weighted by molar-refractivity contribution is 6.31. The molecule has 0 aliphatic heterocycles. The van der Waals surface area contributed by atoms with Gasteiger partial charge in [0, 0.05) is 11.4 Å². The fraction of sp³-hybridized carbons (Fsp3) is 0.235. The Labute approximate surface area is 134 Å². The molecular formula is C17H18ClFN2O. The lowest BCUT2D eigenvalue weighted by molar-refractivity contribution is 0.262. The summed E-state index contributed by atoms with van der Waals surface area (Å²) >= 11 is 5.67. The van der Waals surface area contributed by atoms with E-state index in [1.165, 1.54) is 23.8 Å². The first kappa shape index (κ1) is 16.3. The van der Waals surface area contributed by atoms with Gasteiger partial charge in [-0.05, 0) is 41.3 Å². The molecule has 0 fully saturated rings. The van der Waals surface area contributed by atoms with Crippen LogP contribution in [0.15, 0.2) is 42.5 Å². The minimum Gasteiger partial charge on any atom is -0.308 e. The third kappa shape index (κ3) is 4.21. The number of amides is 2. The molecule has 0 atom stereocenters. The number of hydrogen-bond donors (Lipinski definition) is 2. The maximum atomic E-state index is 13.1. The summed E-state index contributed by atoms with van der Waals surface area (Å²) in [5.74, 6) is -0.523. The Morgan fingerprint density at radius 1 is 1.00 bits per heavy atom. The maximum Gasteiger partial charge on any atom is 0.323 e. The van der Waals surface area contributed by atoms with Crippen molar-refractivity contribution in [2.45, 2.75) is 26.2 Å². The molecule has 0 radical (unpaired) electrons. The highest BCUT2D eigenvalue weighted by Crippen LogP contribution is 2.24. The van der Waals surface area contributed by atoms with Gasteiger partial charge in [0.2, 0.25) is 0 Å². The molecule has 22 heavy (non-hydrogen) atoms. The molecule has 2 N–H and O–H groups in total. The minimum absolute atomic E-state index is 0.0349. The second-order valence-corrected chi connectivity index (χ2v) is 6.44. The Hall–Kier alpha value is -2.07. The SMILES string of the molecule is CC(C)(C)c1ccc(NC(=O)Nc2ccc(F)c(Cl)c2)cc1. The largest absolute Gasteiger partial charge is 0.323 e. The number of nitrogens with one attached hydrogen (secondary N) is 2. The van der Waals surface area contributed by atoms with Crippen LogP contribution in [0, 0.1) is 5.82 Å². The van der Waals surface area contributed by atoms with E-state index in [1.54, 1.807) is 0 Å². The van der Waals surface area contributed by atoms with Gasteiger partial charge in [-0.3, -0.25) is 0 Å². The second-order valence-electron chi connectivity index (χ2n) is 6.04. The molecule has 2 amide bonds. The zero-order valence-corrected chi connectivity index (χ0v) is 13.5. The van der Waals surface area contributed by atoms with Crippen molar-refractivity contribution in [2.75, 3.05) is 10.6 Å². The van der Waals surface area contributed by atoms with Gasteiger partial charge in [0.25, 0.3) is 0 Å². The lowest BCUT2D eigenvalue weighted by atomic mass is 9.87. The molecule has 2 rings (SSSR count). The predicted octanol–water partition coefficient (Wildman–Crippen LogP) is 5.42. The number of rotatable bonds is 2. The first-order chi connectivity index (χ1) is 10.3. The van der Waals surface area contributed by atoms with Gasteiger partial charge in [-0.25, -0.2) is 9.18 Å². The molecule has 5 heteroatoms. The molecular weight excluding hydrogens is 303 g/mol. The predicted molar refractivity (Wildman–Crippen MR) is 89.2 cm³/mol. The molecule has 3 nitrogen and oxygen atoms in total. The summed E-state index contributed by atoms with van der Waals surface area (Å²) in [5.41, 5.74) is 2.35. The normalized spacial score (nSPS) is 11.1. The van der Waals surface area contributed by atoms with Crippen LogP contribution in [0.3, 0.4) is 0 Å². The quantitative estimate of drug-likeness (QED) is 0.762. The standard InChI is InChI=1S/C17H18ClFN2O/c1-17(2,3)11-4-6-12(7-5-11)20-16(22)21-13-8-9-15(19)14(18)10-13/h4-10H,1-3H3,(H2,20,21,22). The average Bonchev–Trinajstić information content (AvgIpc) is 2.42. The minimum atomic E-state index is -0.523. The average molecular weight is 321 g/mol. The summed E-state index contributed by atoms with van der Waals surface area (Å²) in [7, 11) is 0. The Morgan fingerprint density at radius 3 is 2.09 bits per heavy atom. The summed E-state index contributed by atoms with van der Waals surface area (Å²) < 4.78 is 13.1. The number of carbonyl (C=O) groups excluding carboxylic acids is 1. The summed E-state index contributed by atoms with van der Waals surface area (Å²) in [4.78, 5) is 11.9. The fourth-order valence-electron chi connectivity index (χ4n) is 1.92. The van der Waals surface area contributed by atoms with Crippen molar-refractivity contribution in [2.24, 2.45) is 0 Å². The van der Waals surface area contributed by atoms with Crippen LogP contribution in [-0.2, 0) is 5.41 Å². The smallest absolute Gasteiger partial charge is 0.308 e. The number of carbonyl (C=O) groups is 1. The van der Waals surface area contributed by atoms with E-state index in [-0.39, 0.29) is 10.4 Å². The molecule has 0 saturated carbocycles. The molecule has 2 aromatic rings. The van der Waals surface area contributed by atoms with E-state index in [1.807, 2.05) is 24.3 Å². The van der Waals surface area contributed by atoms with E-state index in [2.05, 4.69) is 31.4 Å². The molecule has 0 bridgehead atoms. The van der Waals surface area contributed by atoms with Crippen LogP contribution in [0.2, 0.25) is 5.02 Å². The summed E-state index contributed by atoms with van der Waals surface area (Å²) in [6, 6.07) is 11.2. The van der Waals surface area contributed by atoms with Crippen molar-refractivity contribution in [1.82, 2.24) is 0 Å². The van der Waals surface area contributed by atoms with Crippen molar-refractivity contribution in [1.29, 1.82) is 0 Å². The van der Waals surface area contributed by atoms with Gasteiger partial charge in [0.1, 0.15) is 5.82 Å². The van der Waals surface area contributed by atoms with Crippen LogP contribution >= 0.6 is 11.6 Å². The Balaban J connectivity index is 2.01. The molecule has 0 aliphatic rings. The van der Waals surface area contributed by atoms with E-state index in [4.69, 9.17) is 11.6 Å². The van der Waals surface area contributed by atoms with Crippen LogP contribution in [0.4, 0.5) is 20.6 Å². The van der Waals surface area contributed by atoms with Gasteiger partial charge < -0.3 is 10.6 Å². The van der Waals surface area contributed by atoms with Gasteiger partial charge in [-0.2, -0.15) is 0 Å². The zero-order valence-electron chi connectivity index (χ0n) is 12.7. The number of halogens is 2. The van der Waals surface area contributed by atoms with E-state index >= 15 is 0 Å². The van der Waals surface area contributed by atoms with Gasteiger partial charge >= 0.3 is 6.03 Å². The molecule has 0 heterocycles. The first-order valence-corrected chi connectivity index (χ1v) is 7.27.